The number of hydrogen-bond acceptors (Lipinski definition) is 4. The van der Waals surface area contributed by atoms with Crippen LogP contribution in [-0.4, -0.2) is 48.8 Å². The molecule has 6 atom stereocenters. The minimum Gasteiger partial charge on any atom is -0.462 e. The lowest BCUT2D eigenvalue weighted by Crippen LogP contribution is -2.51. The van der Waals surface area contributed by atoms with Crippen LogP contribution in [0.3, 0.4) is 0 Å². The summed E-state index contributed by atoms with van der Waals surface area (Å²) in [5, 5.41) is 0. The Balaban J connectivity index is 1.34. The number of nitrogens with zero attached hydrogens (tertiary/aromatic N) is 1. The van der Waals surface area contributed by atoms with Gasteiger partial charge < -0.3 is 14.4 Å². The number of ether oxygens (including phenoxy) is 2. The number of hydrogen-bond donors (Lipinski definition) is 0. The Hall–Kier alpha value is -0.610. The quantitative estimate of drug-likeness (QED) is 0.567. The Bertz CT molecular complexity index is 537. The first-order valence-electron chi connectivity index (χ1n) is 10.7. The molecule has 0 aromatic carbocycles. The maximum Gasteiger partial charge on any atom is 0.310 e. The van der Waals surface area contributed by atoms with E-state index in [4.69, 9.17) is 9.47 Å². The summed E-state index contributed by atoms with van der Waals surface area (Å²) in [6.07, 6.45) is 11.4. The zero-order valence-corrected chi connectivity index (χ0v) is 15.7. The summed E-state index contributed by atoms with van der Waals surface area (Å²) in [6.45, 7) is 6.64. The van der Waals surface area contributed by atoms with Crippen molar-refractivity contribution in [3.63, 3.8) is 0 Å². The number of epoxide rings is 1. The van der Waals surface area contributed by atoms with E-state index in [2.05, 4.69) is 11.8 Å². The molecule has 0 aromatic rings. The van der Waals surface area contributed by atoms with E-state index >= 15 is 0 Å². The molecular formula is C21H33NO3. The number of likely N-dealkylation sites (tertiary alicyclic amines) is 1. The molecular weight excluding hydrogens is 314 g/mol. The van der Waals surface area contributed by atoms with Gasteiger partial charge in [-0.15, -0.1) is 0 Å². The minimum atomic E-state index is 0.0901. The fourth-order valence-electron chi connectivity index (χ4n) is 6.76. The summed E-state index contributed by atoms with van der Waals surface area (Å²) in [5.74, 6) is 1.25. The van der Waals surface area contributed by atoms with Gasteiger partial charge in [-0.25, -0.2) is 0 Å². The molecule has 0 radical (unpaired) electrons. The van der Waals surface area contributed by atoms with Crippen LogP contribution >= 0.6 is 0 Å². The molecule has 0 aromatic heterocycles. The van der Waals surface area contributed by atoms with Crippen LogP contribution in [0.15, 0.2) is 0 Å². The summed E-state index contributed by atoms with van der Waals surface area (Å²) in [4.78, 5) is 15.2. The molecule has 0 amide bonds. The van der Waals surface area contributed by atoms with Crippen molar-refractivity contribution in [3.8, 4) is 0 Å². The highest BCUT2D eigenvalue weighted by Crippen LogP contribution is 2.62. The van der Waals surface area contributed by atoms with Gasteiger partial charge in [-0.05, 0) is 69.4 Å². The highest BCUT2D eigenvalue weighted by molar-refractivity contribution is 5.75. The van der Waals surface area contributed by atoms with Gasteiger partial charge in [0.2, 0.25) is 0 Å². The zero-order valence-electron chi connectivity index (χ0n) is 15.7. The highest BCUT2D eigenvalue weighted by Gasteiger charge is 2.65. The third-order valence-electron chi connectivity index (χ3n) is 8.23. The molecule has 3 aliphatic heterocycles. The van der Waals surface area contributed by atoms with Crippen molar-refractivity contribution in [2.75, 3.05) is 26.2 Å². The average Bonchev–Trinajstić information content (AvgIpc) is 3.32. The Labute approximate surface area is 151 Å². The van der Waals surface area contributed by atoms with Crippen LogP contribution in [0.4, 0.5) is 0 Å². The summed E-state index contributed by atoms with van der Waals surface area (Å²) in [6, 6.07) is 0. The lowest BCUT2D eigenvalue weighted by molar-refractivity contribution is -0.147. The number of rotatable bonds is 2. The molecule has 5 fully saturated rings. The van der Waals surface area contributed by atoms with E-state index < -0.39 is 0 Å². The van der Waals surface area contributed by atoms with Crippen molar-refractivity contribution in [1.82, 2.24) is 4.90 Å². The van der Waals surface area contributed by atoms with Crippen LogP contribution in [0, 0.1) is 23.2 Å². The minimum absolute atomic E-state index is 0.0901. The second kappa shape index (κ2) is 5.95. The van der Waals surface area contributed by atoms with Gasteiger partial charge in [-0.2, -0.15) is 0 Å². The number of carbonyl (C=O) groups is 1. The predicted molar refractivity (Wildman–Crippen MR) is 95.1 cm³/mol. The molecule has 3 heterocycles. The number of carbonyl (C=O) groups excluding carboxylic acids is 1. The van der Waals surface area contributed by atoms with Crippen molar-refractivity contribution in [2.45, 2.75) is 76.4 Å². The SMILES string of the molecule is C[C@]12CCC[C@]3(CO3)[C@@H]1C[C@H]1[C@@H](C2)OC(=O)[C@@H]1CN1CCCCCC1. The largest absolute Gasteiger partial charge is 0.462 e. The third-order valence-corrected chi connectivity index (χ3v) is 8.23. The molecule has 1 spiro atoms. The van der Waals surface area contributed by atoms with Crippen molar-refractivity contribution in [2.24, 2.45) is 23.2 Å². The molecule has 140 valence electrons. The fourth-order valence-corrected chi connectivity index (χ4v) is 6.76. The Morgan fingerprint density at radius 2 is 1.88 bits per heavy atom. The van der Waals surface area contributed by atoms with Gasteiger partial charge in [-0.1, -0.05) is 19.8 Å². The third kappa shape index (κ3) is 2.75. The van der Waals surface area contributed by atoms with E-state index in [-0.39, 0.29) is 23.6 Å². The number of fused-ring (bicyclic) bond motifs is 3. The lowest BCUT2D eigenvalue weighted by atomic mass is 9.53. The van der Waals surface area contributed by atoms with Gasteiger partial charge in [0.15, 0.2) is 0 Å². The first-order valence-corrected chi connectivity index (χ1v) is 10.7. The molecule has 0 unspecified atom stereocenters. The Morgan fingerprint density at radius 1 is 1.12 bits per heavy atom. The maximum atomic E-state index is 12.7. The van der Waals surface area contributed by atoms with Crippen LogP contribution in [0.2, 0.25) is 0 Å². The van der Waals surface area contributed by atoms with E-state index in [9.17, 15) is 4.79 Å². The second-order valence-corrected chi connectivity index (χ2v) is 9.81. The van der Waals surface area contributed by atoms with E-state index in [0.29, 0.717) is 17.3 Å². The molecule has 4 heteroatoms. The normalized spacial score (nSPS) is 50.0. The van der Waals surface area contributed by atoms with Gasteiger partial charge in [0, 0.05) is 12.5 Å². The molecule has 5 rings (SSSR count). The molecule has 2 aliphatic carbocycles. The van der Waals surface area contributed by atoms with E-state index in [1.165, 1.54) is 44.9 Å². The van der Waals surface area contributed by atoms with Gasteiger partial charge in [0.1, 0.15) is 6.10 Å². The molecule has 4 nitrogen and oxygen atoms in total. The van der Waals surface area contributed by atoms with Gasteiger partial charge in [0.25, 0.3) is 0 Å². The van der Waals surface area contributed by atoms with Crippen molar-refractivity contribution in [1.29, 1.82) is 0 Å². The molecule has 3 saturated heterocycles. The molecule has 0 bridgehead atoms. The van der Waals surface area contributed by atoms with E-state index in [1.54, 1.807) is 0 Å². The van der Waals surface area contributed by atoms with Crippen molar-refractivity contribution >= 4 is 5.97 Å². The highest BCUT2D eigenvalue weighted by atomic mass is 16.6. The molecule has 0 N–H and O–H groups in total. The summed E-state index contributed by atoms with van der Waals surface area (Å²) in [7, 11) is 0. The number of esters is 1. The zero-order chi connectivity index (χ0) is 17.1. The van der Waals surface area contributed by atoms with Gasteiger partial charge in [-0.3, -0.25) is 4.79 Å². The lowest BCUT2D eigenvalue weighted by Gasteiger charge is -2.51. The topological polar surface area (TPSA) is 42.1 Å². The monoisotopic (exact) mass is 347 g/mol. The van der Waals surface area contributed by atoms with Crippen LogP contribution in [-0.2, 0) is 14.3 Å². The Morgan fingerprint density at radius 3 is 2.60 bits per heavy atom. The van der Waals surface area contributed by atoms with Gasteiger partial charge in [0.05, 0.1) is 18.1 Å². The average molecular weight is 347 g/mol. The second-order valence-electron chi connectivity index (χ2n) is 9.81. The van der Waals surface area contributed by atoms with Gasteiger partial charge >= 0.3 is 5.97 Å². The smallest absolute Gasteiger partial charge is 0.310 e. The van der Waals surface area contributed by atoms with Crippen LogP contribution in [0.1, 0.15) is 64.7 Å². The van der Waals surface area contributed by atoms with Crippen molar-refractivity contribution < 1.29 is 14.3 Å². The van der Waals surface area contributed by atoms with Crippen LogP contribution in [0.25, 0.3) is 0 Å². The first kappa shape index (κ1) is 16.6. The standard InChI is InChI=1S/C21H33NO3/c1-20-7-6-8-21(14-24-21)18(20)11-15-16(19(23)25-17(15)12-20)13-22-9-4-2-3-5-10-22/h15-18H,2-14H2,1H3/t15-,16-,17-,18-,20-,21+/m1/s1. The van der Waals surface area contributed by atoms with E-state index in [0.717, 1.165) is 39.1 Å². The Kier molecular flexibility index (Phi) is 3.94. The molecule has 5 aliphatic rings. The summed E-state index contributed by atoms with van der Waals surface area (Å²) < 4.78 is 12.0. The van der Waals surface area contributed by atoms with Crippen LogP contribution in [0.5, 0.6) is 0 Å². The maximum absolute atomic E-state index is 12.7. The van der Waals surface area contributed by atoms with Crippen molar-refractivity contribution in [3.05, 3.63) is 0 Å². The van der Waals surface area contributed by atoms with E-state index in [1.807, 2.05) is 0 Å². The predicted octanol–water partition coefficient (Wildman–Crippen LogP) is 3.39. The fraction of sp³-hybridized carbons (Fsp3) is 0.952. The van der Waals surface area contributed by atoms with Crippen LogP contribution < -0.4 is 0 Å². The summed E-state index contributed by atoms with van der Waals surface area (Å²) in [5.41, 5.74) is 0.477. The summed E-state index contributed by atoms with van der Waals surface area (Å²) >= 11 is 0. The molecule has 25 heavy (non-hydrogen) atoms. The molecule has 2 saturated carbocycles. The first-order chi connectivity index (χ1) is 12.1.